The third-order valence-electron chi connectivity index (χ3n) is 4.93. The maximum atomic E-state index is 12.6. The molecule has 0 bridgehead atoms. The van der Waals surface area contributed by atoms with Crippen LogP contribution in [0.1, 0.15) is 61.4 Å². The van der Waals surface area contributed by atoms with E-state index in [9.17, 15) is 4.79 Å². The van der Waals surface area contributed by atoms with Gasteiger partial charge < -0.3 is 10.6 Å². The molecule has 1 aliphatic heterocycles. The first-order chi connectivity index (χ1) is 10.2. The van der Waals surface area contributed by atoms with Gasteiger partial charge in [0, 0.05) is 23.8 Å². The zero-order valence-corrected chi connectivity index (χ0v) is 13.0. The maximum Gasteiger partial charge on any atom is 0.251 e. The van der Waals surface area contributed by atoms with Crippen LogP contribution in [0.5, 0.6) is 0 Å². The van der Waals surface area contributed by atoms with Crippen molar-refractivity contribution in [3.8, 4) is 0 Å². The van der Waals surface area contributed by atoms with E-state index < -0.39 is 0 Å². The highest BCUT2D eigenvalue weighted by Crippen LogP contribution is 2.26. The van der Waals surface area contributed by atoms with Gasteiger partial charge in [-0.15, -0.1) is 0 Å². The molecule has 2 N–H and O–H groups in total. The average molecular weight is 286 g/mol. The van der Waals surface area contributed by atoms with Crippen LogP contribution in [0.25, 0.3) is 0 Å². The predicted molar refractivity (Wildman–Crippen MR) is 86.8 cm³/mol. The molecule has 2 atom stereocenters. The summed E-state index contributed by atoms with van der Waals surface area (Å²) >= 11 is 0. The number of carbonyl (C=O) groups excluding carboxylic acids is 1. The number of nitrogens with one attached hydrogen (secondary N) is 2. The minimum Gasteiger partial charge on any atom is -0.385 e. The van der Waals surface area contributed by atoms with Gasteiger partial charge in [0.25, 0.3) is 5.91 Å². The first kappa shape index (κ1) is 14.4. The summed E-state index contributed by atoms with van der Waals surface area (Å²) in [6.45, 7) is 3.34. The number of amides is 1. The number of hydrogen-bond donors (Lipinski definition) is 2. The van der Waals surface area contributed by atoms with Crippen molar-refractivity contribution in [3.63, 3.8) is 0 Å². The van der Waals surface area contributed by atoms with Crippen LogP contribution in [0, 0.1) is 5.92 Å². The van der Waals surface area contributed by atoms with Crippen molar-refractivity contribution in [3.05, 3.63) is 29.3 Å². The Hall–Kier alpha value is -1.51. The zero-order valence-electron chi connectivity index (χ0n) is 13.0. The molecule has 0 radical (unpaired) electrons. The van der Waals surface area contributed by atoms with Gasteiger partial charge in [-0.25, -0.2) is 0 Å². The van der Waals surface area contributed by atoms with Crippen LogP contribution in [-0.4, -0.2) is 18.5 Å². The molecule has 0 spiro atoms. The molecule has 1 saturated carbocycles. The quantitative estimate of drug-likeness (QED) is 0.813. The summed E-state index contributed by atoms with van der Waals surface area (Å²) < 4.78 is 0. The lowest BCUT2D eigenvalue weighted by Crippen LogP contribution is -2.35. The van der Waals surface area contributed by atoms with Crippen molar-refractivity contribution in [2.45, 2.75) is 57.9 Å². The summed E-state index contributed by atoms with van der Waals surface area (Å²) in [5.74, 6) is 0.927. The van der Waals surface area contributed by atoms with Crippen molar-refractivity contribution in [1.29, 1.82) is 0 Å². The van der Waals surface area contributed by atoms with Crippen LogP contribution in [0.3, 0.4) is 0 Å². The molecule has 0 aromatic heterocycles. The van der Waals surface area contributed by atoms with Crippen LogP contribution < -0.4 is 10.6 Å². The topological polar surface area (TPSA) is 41.1 Å². The van der Waals surface area contributed by atoms with E-state index in [2.05, 4.69) is 23.6 Å². The Balaban J connectivity index is 1.71. The number of carbonyl (C=O) groups is 1. The maximum absolute atomic E-state index is 12.6. The van der Waals surface area contributed by atoms with E-state index in [1.165, 1.54) is 24.8 Å². The molecular weight excluding hydrogens is 260 g/mol. The molecule has 21 heavy (non-hydrogen) atoms. The van der Waals surface area contributed by atoms with E-state index in [0.717, 1.165) is 49.4 Å². The number of hydrogen-bond acceptors (Lipinski definition) is 2. The predicted octanol–water partition coefficient (Wildman–Crippen LogP) is 3.74. The fraction of sp³-hybridized carbons (Fsp3) is 0.611. The van der Waals surface area contributed by atoms with Crippen molar-refractivity contribution in [2.75, 3.05) is 11.9 Å². The lowest BCUT2D eigenvalue weighted by Gasteiger charge is -2.22. The molecule has 1 fully saturated rings. The van der Waals surface area contributed by atoms with Gasteiger partial charge in [-0.1, -0.05) is 25.8 Å². The lowest BCUT2D eigenvalue weighted by atomic mass is 9.96. The average Bonchev–Trinajstić information content (AvgIpc) is 2.71. The van der Waals surface area contributed by atoms with Gasteiger partial charge in [-0.05, 0) is 55.7 Å². The number of rotatable bonds is 2. The molecule has 0 saturated heterocycles. The number of benzene rings is 1. The first-order valence-electron chi connectivity index (χ1n) is 8.40. The number of anilines is 1. The van der Waals surface area contributed by atoms with E-state index >= 15 is 0 Å². The van der Waals surface area contributed by atoms with Gasteiger partial charge in [-0.3, -0.25) is 4.79 Å². The second kappa shape index (κ2) is 6.50. The lowest BCUT2D eigenvalue weighted by molar-refractivity contribution is 0.0932. The monoisotopic (exact) mass is 286 g/mol. The first-order valence-corrected chi connectivity index (χ1v) is 8.40. The largest absolute Gasteiger partial charge is 0.385 e. The van der Waals surface area contributed by atoms with E-state index in [0.29, 0.717) is 6.04 Å². The van der Waals surface area contributed by atoms with E-state index in [1.54, 1.807) is 0 Å². The molecule has 3 rings (SSSR count). The molecule has 2 aliphatic rings. The molecule has 1 aliphatic carbocycles. The third-order valence-corrected chi connectivity index (χ3v) is 4.93. The Kier molecular flexibility index (Phi) is 4.47. The summed E-state index contributed by atoms with van der Waals surface area (Å²) in [6, 6.07) is 6.40. The van der Waals surface area contributed by atoms with Crippen LogP contribution in [0.15, 0.2) is 18.2 Å². The smallest absolute Gasteiger partial charge is 0.251 e. The molecule has 3 nitrogen and oxygen atoms in total. The van der Waals surface area contributed by atoms with Gasteiger partial charge in [0.1, 0.15) is 0 Å². The molecule has 2 unspecified atom stereocenters. The van der Waals surface area contributed by atoms with Crippen molar-refractivity contribution in [1.82, 2.24) is 5.32 Å². The second-order valence-corrected chi connectivity index (χ2v) is 6.65. The van der Waals surface area contributed by atoms with Crippen molar-refractivity contribution >= 4 is 11.6 Å². The minimum atomic E-state index is 0.120. The molecule has 1 aromatic carbocycles. The summed E-state index contributed by atoms with van der Waals surface area (Å²) in [6.07, 6.45) is 8.15. The van der Waals surface area contributed by atoms with Crippen LogP contribution in [0.4, 0.5) is 5.69 Å². The fourth-order valence-electron chi connectivity index (χ4n) is 3.62. The normalized spacial score (nSPS) is 25.4. The Morgan fingerprint density at radius 1 is 1.19 bits per heavy atom. The van der Waals surface area contributed by atoms with Gasteiger partial charge in [0.2, 0.25) is 0 Å². The Bertz CT molecular complexity index is 512. The molecule has 114 valence electrons. The number of fused-ring (bicyclic) bond motifs is 1. The van der Waals surface area contributed by atoms with Gasteiger partial charge in [-0.2, -0.15) is 0 Å². The highest BCUT2D eigenvalue weighted by Gasteiger charge is 2.21. The Labute approximate surface area is 127 Å². The Morgan fingerprint density at radius 3 is 3.00 bits per heavy atom. The van der Waals surface area contributed by atoms with E-state index in [4.69, 9.17) is 0 Å². The van der Waals surface area contributed by atoms with E-state index in [1.807, 2.05) is 12.1 Å². The summed E-state index contributed by atoms with van der Waals surface area (Å²) in [7, 11) is 0. The van der Waals surface area contributed by atoms with Gasteiger partial charge in [0.15, 0.2) is 0 Å². The summed E-state index contributed by atoms with van der Waals surface area (Å²) in [5, 5.41) is 6.68. The van der Waals surface area contributed by atoms with Crippen LogP contribution in [0.2, 0.25) is 0 Å². The highest BCUT2D eigenvalue weighted by molar-refractivity contribution is 5.97. The van der Waals surface area contributed by atoms with Crippen LogP contribution in [-0.2, 0) is 6.42 Å². The van der Waals surface area contributed by atoms with E-state index in [-0.39, 0.29) is 5.91 Å². The Morgan fingerprint density at radius 2 is 2.10 bits per heavy atom. The minimum absolute atomic E-state index is 0.120. The summed E-state index contributed by atoms with van der Waals surface area (Å²) in [5.41, 5.74) is 3.21. The SMILES string of the molecule is CC1CCCC(NC(=O)c2cccc3c2CCCN3)CC1. The molecule has 1 amide bonds. The van der Waals surface area contributed by atoms with Crippen molar-refractivity contribution in [2.24, 2.45) is 5.92 Å². The fourth-order valence-corrected chi connectivity index (χ4v) is 3.62. The zero-order chi connectivity index (χ0) is 14.7. The molecule has 3 heteroatoms. The van der Waals surface area contributed by atoms with Gasteiger partial charge in [0.05, 0.1) is 0 Å². The molecule has 1 aromatic rings. The second-order valence-electron chi connectivity index (χ2n) is 6.65. The molecular formula is C18H26N2O. The summed E-state index contributed by atoms with van der Waals surface area (Å²) in [4.78, 5) is 12.6. The third kappa shape index (κ3) is 3.39. The molecule has 1 heterocycles. The van der Waals surface area contributed by atoms with Crippen LogP contribution >= 0.6 is 0 Å². The standard InChI is InChI=1S/C18H26N2O/c1-13-5-2-6-14(11-10-13)20-18(21)16-7-3-9-17-15(16)8-4-12-19-17/h3,7,9,13-14,19H,2,4-6,8,10-12H2,1H3,(H,20,21). The highest BCUT2D eigenvalue weighted by atomic mass is 16.1. The van der Waals surface area contributed by atoms with Gasteiger partial charge >= 0.3 is 0 Å². The van der Waals surface area contributed by atoms with Crippen molar-refractivity contribution < 1.29 is 4.79 Å².